The Morgan fingerprint density at radius 2 is 0.861 bits per heavy atom. The van der Waals surface area contributed by atoms with Gasteiger partial charge in [0.05, 0.1) is 24.3 Å². The molecule has 0 fully saturated rings. The molecule has 0 unspecified atom stereocenters. The van der Waals surface area contributed by atoms with Crippen LogP contribution in [0.25, 0.3) is 21.5 Å². The zero-order valence-electron chi connectivity index (χ0n) is 20.1. The highest BCUT2D eigenvalue weighted by Crippen LogP contribution is 2.24. The fourth-order valence-electron chi connectivity index (χ4n) is 4.18. The lowest BCUT2D eigenvalue weighted by Gasteiger charge is -2.09. The Bertz CT molecular complexity index is 1260. The Labute approximate surface area is 210 Å². The molecule has 6 nitrogen and oxygen atoms in total. The van der Waals surface area contributed by atoms with Crippen molar-refractivity contribution in [2.75, 3.05) is 13.2 Å². The summed E-state index contributed by atoms with van der Waals surface area (Å²) in [5.74, 6) is -0.236. The van der Waals surface area contributed by atoms with Gasteiger partial charge >= 0.3 is 11.9 Å². The summed E-state index contributed by atoms with van der Waals surface area (Å²) >= 11 is 0. The van der Waals surface area contributed by atoms with Crippen molar-refractivity contribution >= 4 is 33.5 Å². The second-order valence-electron chi connectivity index (χ2n) is 8.88. The lowest BCUT2D eigenvalue weighted by atomic mass is 10.1. The summed E-state index contributed by atoms with van der Waals surface area (Å²) in [6.07, 6.45) is 6.51. The maximum Gasteiger partial charge on any atom is 0.335 e. The first-order valence-corrected chi connectivity index (χ1v) is 12.3. The number of carboxylic acids is 2. The second kappa shape index (κ2) is 12.1. The van der Waals surface area contributed by atoms with Crippen molar-refractivity contribution in [3.63, 3.8) is 0 Å². The van der Waals surface area contributed by atoms with Gasteiger partial charge in [0.1, 0.15) is 11.5 Å². The van der Waals surface area contributed by atoms with Gasteiger partial charge in [-0.3, -0.25) is 0 Å². The van der Waals surface area contributed by atoms with Crippen molar-refractivity contribution < 1.29 is 29.3 Å². The molecule has 0 aliphatic rings. The van der Waals surface area contributed by atoms with Crippen molar-refractivity contribution in [2.45, 2.75) is 38.5 Å². The van der Waals surface area contributed by atoms with E-state index in [1.165, 1.54) is 0 Å². The molecule has 0 amide bonds. The monoisotopic (exact) mass is 486 g/mol. The van der Waals surface area contributed by atoms with E-state index >= 15 is 0 Å². The molecule has 4 aromatic rings. The van der Waals surface area contributed by atoms with E-state index in [0.717, 1.165) is 71.6 Å². The van der Waals surface area contributed by atoms with Crippen LogP contribution >= 0.6 is 0 Å². The zero-order valence-corrected chi connectivity index (χ0v) is 20.1. The molecule has 0 aromatic heterocycles. The highest BCUT2D eigenvalue weighted by atomic mass is 16.5. The first kappa shape index (κ1) is 25.0. The Hall–Kier alpha value is -4.06. The van der Waals surface area contributed by atoms with Crippen LogP contribution in [0.4, 0.5) is 0 Å². The van der Waals surface area contributed by atoms with E-state index in [4.69, 9.17) is 19.7 Å². The molecular weight excluding hydrogens is 456 g/mol. The number of carbonyl (C=O) groups is 2. The van der Waals surface area contributed by atoms with E-state index in [2.05, 4.69) is 0 Å². The molecule has 36 heavy (non-hydrogen) atoms. The number of hydrogen-bond donors (Lipinski definition) is 2. The van der Waals surface area contributed by atoms with Gasteiger partial charge in [0, 0.05) is 0 Å². The van der Waals surface area contributed by atoms with Gasteiger partial charge in [-0.1, -0.05) is 49.9 Å². The molecule has 0 heterocycles. The fraction of sp³-hybridized carbons (Fsp3) is 0.267. The standard InChI is InChI=1S/C30H30O6/c31-29(32)25-9-7-23-19-27(13-11-21(23)17-25)35-15-5-3-1-2-4-6-16-36-28-14-12-22-18-26(30(33)34)10-8-24(22)20-28/h7-14,17-20H,1-6,15-16H2,(H,31,32)(H,33,34). The van der Waals surface area contributed by atoms with E-state index in [-0.39, 0.29) is 11.1 Å². The van der Waals surface area contributed by atoms with Gasteiger partial charge < -0.3 is 19.7 Å². The van der Waals surface area contributed by atoms with Crippen molar-refractivity contribution in [3.8, 4) is 11.5 Å². The molecular formula is C30H30O6. The molecule has 6 heteroatoms. The molecule has 4 rings (SSSR count). The Balaban J connectivity index is 1.08. The number of ether oxygens (including phenoxy) is 2. The van der Waals surface area contributed by atoms with Crippen molar-refractivity contribution in [3.05, 3.63) is 83.9 Å². The van der Waals surface area contributed by atoms with E-state index in [0.29, 0.717) is 13.2 Å². The number of fused-ring (bicyclic) bond motifs is 2. The minimum absolute atomic E-state index is 0.286. The highest BCUT2D eigenvalue weighted by molar-refractivity contribution is 5.95. The van der Waals surface area contributed by atoms with Crippen LogP contribution in [0.15, 0.2) is 72.8 Å². The molecule has 0 spiro atoms. The smallest absolute Gasteiger partial charge is 0.335 e. The van der Waals surface area contributed by atoms with Crippen LogP contribution in [0.3, 0.4) is 0 Å². The van der Waals surface area contributed by atoms with Gasteiger partial charge in [-0.2, -0.15) is 0 Å². The summed E-state index contributed by atoms with van der Waals surface area (Å²) in [6, 6.07) is 21.6. The number of unbranched alkanes of at least 4 members (excludes halogenated alkanes) is 5. The van der Waals surface area contributed by atoms with E-state index < -0.39 is 11.9 Å². The van der Waals surface area contributed by atoms with Crippen LogP contribution in [0.2, 0.25) is 0 Å². The summed E-state index contributed by atoms with van der Waals surface area (Å²) in [4.78, 5) is 22.2. The molecule has 0 aliphatic heterocycles. The van der Waals surface area contributed by atoms with Crippen molar-refractivity contribution in [2.24, 2.45) is 0 Å². The van der Waals surface area contributed by atoms with Gasteiger partial charge in [-0.05, 0) is 82.9 Å². The lowest BCUT2D eigenvalue weighted by molar-refractivity contribution is 0.0686. The van der Waals surface area contributed by atoms with Gasteiger partial charge in [0.25, 0.3) is 0 Å². The third-order valence-electron chi connectivity index (χ3n) is 6.19. The predicted octanol–water partition coefficient (Wildman–Crippen LogP) is 7.19. The first-order valence-electron chi connectivity index (χ1n) is 12.3. The summed E-state index contributed by atoms with van der Waals surface area (Å²) in [6.45, 7) is 1.33. The number of carboxylic acid groups (broad SMARTS) is 2. The van der Waals surface area contributed by atoms with Crippen LogP contribution in [0, 0.1) is 0 Å². The van der Waals surface area contributed by atoms with E-state index in [1.54, 1.807) is 24.3 Å². The van der Waals surface area contributed by atoms with Crippen LogP contribution in [-0.2, 0) is 0 Å². The SMILES string of the molecule is O=C(O)c1ccc2cc(OCCCCCCCCOc3ccc4cc(C(=O)O)ccc4c3)ccc2c1. The van der Waals surface area contributed by atoms with Crippen LogP contribution in [0.1, 0.15) is 59.2 Å². The number of rotatable bonds is 13. The van der Waals surface area contributed by atoms with Gasteiger partial charge in [0.2, 0.25) is 0 Å². The Morgan fingerprint density at radius 1 is 0.500 bits per heavy atom. The number of aromatic carboxylic acids is 2. The van der Waals surface area contributed by atoms with Crippen molar-refractivity contribution in [1.82, 2.24) is 0 Å². The molecule has 4 aromatic carbocycles. The summed E-state index contributed by atoms with van der Waals surface area (Å²) in [7, 11) is 0. The molecule has 0 saturated heterocycles. The average molecular weight is 487 g/mol. The van der Waals surface area contributed by atoms with Crippen molar-refractivity contribution in [1.29, 1.82) is 0 Å². The minimum atomic E-state index is -0.923. The number of hydrogen-bond acceptors (Lipinski definition) is 4. The van der Waals surface area contributed by atoms with Gasteiger partial charge in [-0.15, -0.1) is 0 Å². The average Bonchev–Trinajstić information content (AvgIpc) is 2.88. The maximum absolute atomic E-state index is 11.1. The Morgan fingerprint density at radius 3 is 1.28 bits per heavy atom. The van der Waals surface area contributed by atoms with Crippen LogP contribution in [0.5, 0.6) is 11.5 Å². The minimum Gasteiger partial charge on any atom is -0.494 e. The first-order chi connectivity index (χ1) is 17.5. The predicted molar refractivity (Wildman–Crippen MR) is 141 cm³/mol. The normalized spacial score (nSPS) is 11.0. The third-order valence-corrected chi connectivity index (χ3v) is 6.19. The topological polar surface area (TPSA) is 93.1 Å². The van der Waals surface area contributed by atoms with Gasteiger partial charge in [0.15, 0.2) is 0 Å². The quantitative estimate of drug-likeness (QED) is 0.194. The lowest BCUT2D eigenvalue weighted by Crippen LogP contribution is -1.99. The molecule has 0 bridgehead atoms. The van der Waals surface area contributed by atoms with E-state index in [9.17, 15) is 9.59 Å². The summed E-state index contributed by atoms with van der Waals surface area (Å²) < 4.78 is 11.7. The maximum atomic E-state index is 11.1. The number of benzene rings is 4. The highest BCUT2D eigenvalue weighted by Gasteiger charge is 2.06. The Kier molecular flexibility index (Phi) is 8.40. The second-order valence-corrected chi connectivity index (χ2v) is 8.88. The molecule has 0 saturated carbocycles. The third kappa shape index (κ3) is 6.75. The van der Waals surface area contributed by atoms with E-state index in [1.807, 2.05) is 48.5 Å². The summed E-state index contributed by atoms with van der Waals surface area (Å²) in [5, 5.41) is 21.9. The van der Waals surface area contributed by atoms with Crippen LogP contribution < -0.4 is 9.47 Å². The fourth-order valence-corrected chi connectivity index (χ4v) is 4.18. The molecule has 186 valence electrons. The molecule has 0 atom stereocenters. The molecule has 0 aliphatic carbocycles. The van der Waals surface area contributed by atoms with Crippen LogP contribution in [-0.4, -0.2) is 35.4 Å². The summed E-state index contributed by atoms with van der Waals surface area (Å²) in [5.41, 5.74) is 0.572. The zero-order chi connectivity index (χ0) is 25.3. The largest absolute Gasteiger partial charge is 0.494 e. The van der Waals surface area contributed by atoms with Gasteiger partial charge in [-0.25, -0.2) is 9.59 Å². The molecule has 2 N–H and O–H groups in total. The molecule has 0 radical (unpaired) electrons.